The monoisotopic (exact) mass is 343 g/mol. The van der Waals surface area contributed by atoms with Crippen LogP contribution in [-0.4, -0.2) is 50.3 Å². The number of nitrogens with zero attached hydrogens (tertiary/aromatic N) is 2. The Labute approximate surface area is 133 Å². The third kappa shape index (κ3) is 3.96. The number of likely N-dealkylation sites (N-methyl/N-ethyl adjacent to an activating group) is 1. The van der Waals surface area contributed by atoms with E-state index in [-0.39, 0.29) is 34.8 Å². The second-order valence-corrected chi connectivity index (χ2v) is 7.21. The van der Waals surface area contributed by atoms with E-state index in [4.69, 9.17) is 4.74 Å². The zero-order valence-electron chi connectivity index (χ0n) is 12.7. The van der Waals surface area contributed by atoms with Crippen LogP contribution in [0.2, 0.25) is 0 Å². The van der Waals surface area contributed by atoms with Crippen molar-refractivity contribution in [2.75, 3.05) is 20.7 Å². The lowest BCUT2D eigenvalue weighted by Crippen LogP contribution is -2.39. The normalized spacial score (nSPS) is 14.6. The molecule has 1 N–H and O–H groups in total. The fraction of sp³-hybridized carbons (Fsp3) is 0.462. The minimum absolute atomic E-state index is 0.132. The highest BCUT2D eigenvalue weighted by Gasteiger charge is 2.29. The number of nitro groups is 1. The zero-order valence-corrected chi connectivity index (χ0v) is 13.5. The van der Waals surface area contributed by atoms with Crippen LogP contribution in [0.3, 0.4) is 0 Å². The van der Waals surface area contributed by atoms with Gasteiger partial charge in [-0.3, -0.25) is 14.9 Å². The van der Waals surface area contributed by atoms with Gasteiger partial charge < -0.3 is 10.1 Å². The van der Waals surface area contributed by atoms with Crippen molar-refractivity contribution in [1.82, 2.24) is 9.62 Å². The molecule has 0 atom stereocenters. The van der Waals surface area contributed by atoms with Crippen LogP contribution in [-0.2, 0) is 14.8 Å². The van der Waals surface area contributed by atoms with Gasteiger partial charge in [0.05, 0.1) is 24.6 Å². The summed E-state index contributed by atoms with van der Waals surface area (Å²) in [7, 11) is -1.52. The summed E-state index contributed by atoms with van der Waals surface area (Å²) < 4.78 is 30.9. The van der Waals surface area contributed by atoms with Gasteiger partial charge in [-0.25, -0.2) is 8.42 Å². The van der Waals surface area contributed by atoms with Gasteiger partial charge in [-0.1, -0.05) is 0 Å². The lowest BCUT2D eigenvalue weighted by atomic mass is 10.3. The number of benzene rings is 1. The van der Waals surface area contributed by atoms with Crippen LogP contribution >= 0.6 is 0 Å². The molecule has 0 saturated heterocycles. The Hall–Kier alpha value is -2.20. The van der Waals surface area contributed by atoms with Gasteiger partial charge in [0.25, 0.3) is 5.69 Å². The first-order chi connectivity index (χ1) is 10.8. The summed E-state index contributed by atoms with van der Waals surface area (Å²) in [4.78, 5) is 21.6. The minimum Gasteiger partial charge on any atom is -0.495 e. The number of hydrogen-bond acceptors (Lipinski definition) is 6. The van der Waals surface area contributed by atoms with Crippen molar-refractivity contribution in [2.45, 2.75) is 23.8 Å². The first kappa shape index (κ1) is 17.2. The van der Waals surface area contributed by atoms with Gasteiger partial charge in [0.1, 0.15) is 10.6 Å². The van der Waals surface area contributed by atoms with Gasteiger partial charge in [0.2, 0.25) is 15.9 Å². The second kappa shape index (κ2) is 6.50. The Bertz CT molecular complexity index is 729. The number of methoxy groups -OCH3 is 1. The molecule has 0 aromatic heterocycles. The predicted molar refractivity (Wildman–Crippen MR) is 80.6 cm³/mol. The molecule has 1 amide bonds. The average molecular weight is 343 g/mol. The third-order valence-corrected chi connectivity index (χ3v) is 5.20. The summed E-state index contributed by atoms with van der Waals surface area (Å²) in [6.45, 7) is -0.334. The Morgan fingerprint density at radius 3 is 2.65 bits per heavy atom. The first-order valence-corrected chi connectivity index (χ1v) is 8.28. The summed E-state index contributed by atoms with van der Waals surface area (Å²) in [6.07, 6.45) is 1.80. The highest BCUT2D eigenvalue weighted by Crippen LogP contribution is 2.30. The fourth-order valence-electron chi connectivity index (χ4n) is 1.94. The number of carbonyl (C=O) groups excluding carboxylic acids is 1. The number of non-ortho nitro benzene ring substituents is 1. The highest BCUT2D eigenvalue weighted by molar-refractivity contribution is 7.89. The van der Waals surface area contributed by atoms with Gasteiger partial charge in [0.15, 0.2) is 0 Å². The van der Waals surface area contributed by atoms with E-state index in [2.05, 4.69) is 5.32 Å². The SMILES string of the molecule is COc1cc([N+](=O)[O-])ccc1S(=O)(=O)N(C)CC(=O)NC1CC1. The smallest absolute Gasteiger partial charge is 0.273 e. The Balaban J connectivity index is 2.23. The topological polar surface area (TPSA) is 119 Å². The first-order valence-electron chi connectivity index (χ1n) is 6.84. The van der Waals surface area contributed by atoms with E-state index >= 15 is 0 Å². The fourth-order valence-corrected chi connectivity index (χ4v) is 3.20. The molecule has 10 heteroatoms. The van der Waals surface area contributed by atoms with Crippen LogP contribution < -0.4 is 10.1 Å². The number of amides is 1. The van der Waals surface area contributed by atoms with Crippen LogP contribution in [0.15, 0.2) is 23.1 Å². The molecule has 0 bridgehead atoms. The molecule has 1 fully saturated rings. The van der Waals surface area contributed by atoms with Gasteiger partial charge >= 0.3 is 0 Å². The Kier molecular flexibility index (Phi) is 4.85. The number of hydrogen-bond donors (Lipinski definition) is 1. The molecule has 0 unspecified atom stereocenters. The molecule has 1 aromatic carbocycles. The number of carbonyl (C=O) groups is 1. The molecule has 0 spiro atoms. The zero-order chi connectivity index (χ0) is 17.2. The minimum atomic E-state index is -4.01. The summed E-state index contributed by atoms with van der Waals surface area (Å²) >= 11 is 0. The summed E-state index contributed by atoms with van der Waals surface area (Å²) in [6, 6.07) is 3.34. The average Bonchev–Trinajstić information content (AvgIpc) is 3.29. The highest BCUT2D eigenvalue weighted by atomic mass is 32.2. The van der Waals surface area contributed by atoms with Crippen molar-refractivity contribution >= 4 is 21.6 Å². The third-order valence-electron chi connectivity index (χ3n) is 3.35. The van der Waals surface area contributed by atoms with Crippen LogP contribution in [0.1, 0.15) is 12.8 Å². The van der Waals surface area contributed by atoms with Crippen LogP contribution in [0, 0.1) is 10.1 Å². The number of nitrogens with one attached hydrogen (secondary N) is 1. The van der Waals surface area contributed by atoms with Gasteiger partial charge in [-0.2, -0.15) is 4.31 Å². The standard InChI is InChI=1S/C13H17N3O6S/c1-15(8-13(17)14-9-3-4-9)23(20,21)12-6-5-10(16(18)19)7-11(12)22-2/h5-7,9H,3-4,8H2,1-2H3,(H,14,17). The maximum Gasteiger partial charge on any atom is 0.273 e. The Morgan fingerprint density at radius 2 is 2.13 bits per heavy atom. The molecule has 2 rings (SSSR count). The number of sulfonamides is 1. The molecule has 1 aromatic rings. The van der Waals surface area contributed by atoms with Crippen molar-refractivity contribution in [3.63, 3.8) is 0 Å². The van der Waals surface area contributed by atoms with E-state index < -0.39 is 14.9 Å². The van der Waals surface area contributed by atoms with Crippen molar-refractivity contribution in [2.24, 2.45) is 0 Å². The number of nitro benzene ring substituents is 1. The van der Waals surface area contributed by atoms with E-state index in [9.17, 15) is 23.3 Å². The summed E-state index contributed by atoms with van der Waals surface area (Å²) in [5.41, 5.74) is -0.282. The van der Waals surface area contributed by atoms with Crippen LogP contribution in [0.25, 0.3) is 0 Å². The molecule has 1 saturated carbocycles. The predicted octanol–water partition coefficient (Wildman–Crippen LogP) is 0.502. The molecule has 1 aliphatic carbocycles. The van der Waals surface area contributed by atoms with Gasteiger partial charge in [-0.05, 0) is 18.9 Å². The lowest BCUT2D eigenvalue weighted by Gasteiger charge is -2.18. The van der Waals surface area contributed by atoms with Crippen LogP contribution in [0.4, 0.5) is 5.69 Å². The largest absolute Gasteiger partial charge is 0.495 e. The Morgan fingerprint density at radius 1 is 1.48 bits per heavy atom. The van der Waals surface area contributed by atoms with Crippen molar-refractivity contribution in [3.05, 3.63) is 28.3 Å². The molecule has 126 valence electrons. The van der Waals surface area contributed by atoms with E-state index in [1.165, 1.54) is 14.2 Å². The van der Waals surface area contributed by atoms with Crippen LogP contribution in [0.5, 0.6) is 5.75 Å². The molecule has 9 nitrogen and oxygen atoms in total. The van der Waals surface area contributed by atoms with Gasteiger partial charge in [-0.15, -0.1) is 0 Å². The van der Waals surface area contributed by atoms with Crippen molar-refractivity contribution < 1.29 is 22.9 Å². The summed E-state index contributed by atoms with van der Waals surface area (Å²) in [5.74, 6) is -0.534. The van der Waals surface area contributed by atoms with E-state index in [0.29, 0.717) is 0 Å². The number of ether oxygens (including phenoxy) is 1. The van der Waals surface area contributed by atoms with E-state index in [1.807, 2.05) is 0 Å². The number of rotatable bonds is 7. The van der Waals surface area contributed by atoms with Crippen molar-refractivity contribution in [1.29, 1.82) is 0 Å². The molecular formula is C13H17N3O6S. The maximum absolute atomic E-state index is 12.5. The molecule has 1 aliphatic rings. The maximum atomic E-state index is 12.5. The quantitative estimate of drug-likeness (QED) is 0.569. The van der Waals surface area contributed by atoms with E-state index in [1.54, 1.807) is 0 Å². The molecule has 0 aliphatic heterocycles. The van der Waals surface area contributed by atoms with Gasteiger partial charge in [0, 0.05) is 19.2 Å². The second-order valence-electron chi connectivity index (χ2n) is 5.20. The molecular weight excluding hydrogens is 326 g/mol. The molecule has 0 radical (unpaired) electrons. The molecule has 23 heavy (non-hydrogen) atoms. The summed E-state index contributed by atoms with van der Waals surface area (Å²) in [5, 5.41) is 13.5. The lowest BCUT2D eigenvalue weighted by molar-refractivity contribution is -0.385. The molecule has 0 heterocycles. The van der Waals surface area contributed by atoms with Crippen molar-refractivity contribution in [3.8, 4) is 5.75 Å². The van der Waals surface area contributed by atoms with E-state index in [0.717, 1.165) is 35.3 Å².